The summed E-state index contributed by atoms with van der Waals surface area (Å²) < 4.78 is 18.6. The number of guanidine groups is 1. The molecule has 0 atom stereocenters. The minimum Gasteiger partial charge on any atom is -0.461 e. The van der Waals surface area contributed by atoms with Crippen LogP contribution in [0.4, 0.5) is 4.39 Å². The average molecular weight is 533 g/mol. The number of aromatic nitrogens is 3. The summed E-state index contributed by atoms with van der Waals surface area (Å²) in [4.78, 5) is 8.59. The number of aliphatic imine (C=N–C) groups is 1. The molecule has 0 aliphatic rings. The number of aromatic amines is 1. The van der Waals surface area contributed by atoms with Crippen molar-refractivity contribution in [3.05, 3.63) is 58.8 Å². The third-order valence-corrected chi connectivity index (χ3v) is 4.59. The Bertz CT molecular complexity index is 958. The van der Waals surface area contributed by atoms with E-state index in [1.807, 2.05) is 13.8 Å². The van der Waals surface area contributed by atoms with Crippen LogP contribution in [-0.2, 0) is 12.0 Å². The van der Waals surface area contributed by atoms with Gasteiger partial charge in [0.1, 0.15) is 11.6 Å². The smallest absolute Gasteiger partial charge is 0.216 e. The van der Waals surface area contributed by atoms with Crippen LogP contribution in [0.2, 0.25) is 5.02 Å². The normalized spacial score (nSPS) is 11.8. The zero-order chi connectivity index (χ0) is 20.1. The van der Waals surface area contributed by atoms with Crippen LogP contribution in [0.1, 0.15) is 25.2 Å². The molecular weight excluding hydrogens is 510 g/mol. The predicted octanol–water partition coefficient (Wildman–Crippen LogP) is 4.12. The van der Waals surface area contributed by atoms with Crippen molar-refractivity contribution in [3.8, 4) is 11.6 Å². The number of benzene rings is 1. The molecule has 3 rings (SSSR count). The molecule has 0 radical (unpaired) electrons. The van der Waals surface area contributed by atoms with Gasteiger partial charge in [0, 0.05) is 24.0 Å². The summed E-state index contributed by atoms with van der Waals surface area (Å²) in [7, 11) is 1.68. The summed E-state index contributed by atoms with van der Waals surface area (Å²) in [6.45, 7) is 5.01. The van der Waals surface area contributed by atoms with Crippen molar-refractivity contribution >= 4 is 41.5 Å². The van der Waals surface area contributed by atoms with Crippen LogP contribution in [0.5, 0.6) is 0 Å². The van der Waals surface area contributed by atoms with E-state index in [9.17, 15) is 4.39 Å². The third kappa shape index (κ3) is 5.92. The molecule has 3 aromatic rings. The van der Waals surface area contributed by atoms with Gasteiger partial charge in [0.2, 0.25) is 5.82 Å². The highest BCUT2D eigenvalue weighted by molar-refractivity contribution is 14.0. The van der Waals surface area contributed by atoms with Gasteiger partial charge in [0.05, 0.1) is 12.8 Å². The molecule has 0 saturated carbocycles. The highest BCUT2D eigenvalue weighted by atomic mass is 127. The molecule has 7 nitrogen and oxygen atoms in total. The van der Waals surface area contributed by atoms with E-state index in [-0.39, 0.29) is 35.2 Å². The summed E-state index contributed by atoms with van der Waals surface area (Å²) >= 11 is 6.21. The predicted molar refractivity (Wildman–Crippen MR) is 122 cm³/mol. The van der Waals surface area contributed by atoms with Crippen molar-refractivity contribution in [2.75, 3.05) is 13.6 Å². The maximum Gasteiger partial charge on any atom is 0.216 e. The van der Waals surface area contributed by atoms with Crippen LogP contribution in [0.3, 0.4) is 0 Å². The Morgan fingerprint density at radius 1 is 1.31 bits per heavy atom. The van der Waals surface area contributed by atoms with E-state index in [1.54, 1.807) is 31.5 Å². The average Bonchev–Trinajstić information content (AvgIpc) is 3.33. The van der Waals surface area contributed by atoms with Crippen LogP contribution < -0.4 is 10.6 Å². The zero-order valence-corrected chi connectivity index (χ0v) is 19.4. The van der Waals surface area contributed by atoms with Gasteiger partial charge in [-0.2, -0.15) is 0 Å². The number of nitrogens with zero attached hydrogens (tertiary/aromatic N) is 3. The fourth-order valence-corrected chi connectivity index (χ4v) is 3.14. The quantitative estimate of drug-likeness (QED) is 0.252. The lowest BCUT2D eigenvalue weighted by Crippen LogP contribution is -2.43. The molecule has 1 aromatic carbocycles. The van der Waals surface area contributed by atoms with Crippen molar-refractivity contribution < 1.29 is 8.81 Å². The minimum absolute atomic E-state index is 0. The molecule has 0 unspecified atom stereocenters. The molecule has 0 fully saturated rings. The summed E-state index contributed by atoms with van der Waals surface area (Å²) in [6.07, 6.45) is 1.57. The van der Waals surface area contributed by atoms with Crippen LogP contribution in [0.15, 0.2) is 46.0 Å². The Hall–Kier alpha value is -2.14. The first kappa shape index (κ1) is 23.1. The van der Waals surface area contributed by atoms with Gasteiger partial charge in [-0.15, -0.1) is 29.1 Å². The van der Waals surface area contributed by atoms with E-state index in [2.05, 4.69) is 30.8 Å². The lowest BCUT2D eigenvalue weighted by atomic mass is 9.84. The monoisotopic (exact) mass is 532 g/mol. The number of nitrogens with one attached hydrogen (secondary N) is 3. The van der Waals surface area contributed by atoms with Crippen molar-refractivity contribution in [1.29, 1.82) is 0 Å². The number of hydrogen-bond donors (Lipinski definition) is 3. The maximum atomic E-state index is 13.3. The molecule has 0 saturated heterocycles. The van der Waals surface area contributed by atoms with Gasteiger partial charge < -0.3 is 15.1 Å². The van der Waals surface area contributed by atoms with Gasteiger partial charge in [-0.3, -0.25) is 10.1 Å². The van der Waals surface area contributed by atoms with Crippen LogP contribution in [0, 0.1) is 5.82 Å². The first-order valence-electron chi connectivity index (χ1n) is 8.74. The topological polar surface area (TPSA) is 91.1 Å². The molecule has 0 aliphatic carbocycles. The van der Waals surface area contributed by atoms with Gasteiger partial charge in [0.25, 0.3) is 0 Å². The lowest BCUT2D eigenvalue weighted by molar-refractivity contribution is 0.506. The molecule has 3 N–H and O–H groups in total. The summed E-state index contributed by atoms with van der Waals surface area (Å²) in [5, 5.41) is 13.8. The molecule has 0 spiro atoms. The molecule has 0 bridgehead atoms. The largest absolute Gasteiger partial charge is 0.461 e. The van der Waals surface area contributed by atoms with Crippen molar-refractivity contribution in [3.63, 3.8) is 0 Å². The van der Waals surface area contributed by atoms with Crippen molar-refractivity contribution in [2.45, 2.75) is 25.8 Å². The van der Waals surface area contributed by atoms with E-state index in [0.29, 0.717) is 41.5 Å². The van der Waals surface area contributed by atoms with E-state index < -0.39 is 0 Å². The summed E-state index contributed by atoms with van der Waals surface area (Å²) in [5.41, 5.74) is 0.526. The second-order valence-corrected chi connectivity index (χ2v) is 7.28. The Morgan fingerprint density at radius 2 is 2.10 bits per heavy atom. The second-order valence-electron chi connectivity index (χ2n) is 6.87. The molecule has 2 heterocycles. The number of hydrogen-bond acceptors (Lipinski definition) is 4. The Morgan fingerprint density at radius 3 is 2.76 bits per heavy atom. The van der Waals surface area contributed by atoms with E-state index in [0.717, 1.165) is 5.56 Å². The van der Waals surface area contributed by atoms with E-state index in [1.165, 1.54) is 12.1 Å². The second kappa shape index (κ2) is 10.1. The van der Waals surface area contributed by atoms with E-state index in [4.69, 9.17) is 16.0 Å². The lowest BCUT2D eigenvalue weighted by Gasteiger charge is -2.27. The number of rotatable bonds is 6. The minimum atomic E-state index is -0.351. The third-order valence-electron chi connectivity index (χ3n) is 4.28. The van der Waals surface area contributed by atoms with Gasteiger partial charge in [0.15, 0.2) is 11.7 Å². The first-order chi connectivity index (χ1) is 13.4. The highest BCUT2D eigenvalue weighted by Gasteiger charge is 2.24. The molecular formula is C19H23ClFIN6O. The Kier molecular flexibility index (Phi) is 8.03. The SMILES string of the molecule is CN=C(NCc1nc(-c2ccco2)n[nH]1)NCC(C)(C)c1ccc(F)cc1Cl.I. The molecule has 29 heavy (non-hydrogen) atoms. The van der Waals surface area contributed by atoms with Crippen molar-refractivity contribution in [1.82, 2.24) is 25.8 Å². The van der Waals surface area contributed by atoms with Crippen LogP contribution in [-0.4, -0.2) is 34.7 Å². The maximum absolute atomic E-state index is 13.3. The van der Waals surface area contributed by atoms with Gasteiger partial charge in [-0.1, -0.05) is 31.5 Å². The number of halogens is 3. The summed E-state index contributed by atoms with van der Waals surface area (Å²) in [5.74, 6) is 1.99. The number of furan rings is 1. The van der Waals surface area contributed by atoms with Gasteiger partial charge >= 0.3 is 0 Å². The van der Waals surface area contributed by atoms with Crippen LogP contribution in [0.25, 0.3) is 11.6 Å². The van der Waals surface area contributed by atoms with Crippen molar-refractivity contribution in [2.24, 2.45) is 4.99 Å². The molecule has 2 aromatic heterocycles. The first-order valence-corrected chi connectivity index (χ1v) is 9.12. The summed E-state index contributed by atoms with van der Waals surface area (Å²) in [6, 6.07) is 8.02. The highest BCUT2D eigenvalue weighted by Crippen LogP contribution is 2.29. The standard InChI is InChI=1S/C19H22ClFN6O.HI/c1-19(2,13-7-6-12(21)9-14(13)20)11-24-18(22-3)23-10-16-25-17(27-26-16)15-5-4-8-28-15;/h4-9H,10-11H2,1-3H3,(H2,22,23,24)(H,25,26,27);1H. The van der Waals surface area contributed by atoms with Gasteiger partial charge in [-0.05, 0) is 29.8 Å². The fraction of sp³-hybridized carbons (Fsp3) is 0.316. The number of H-pyrrole nitrogens is 1. The van der Waals surface area contributed by atoms with E-state index >= 15 is 0 Å². The molecule has 0 aliphatic heterocycles. The Labute approximate surface area is 190 Å². The molecule has 0 amide bonds. The molecule has 10 heteroatoms. The van der Waals surface area contributed by atoms with Crippen LogP contribution >= 0.6 is 35.6 Å². The zero-order valence-electron chi connectivity index (χ0n) is 16.3. The van der Waals surface area contributed by atoms with Gasteiger partial charge in [-0.25, -0.2) is 9.37 Å². The Balaban J connectivity index is 0.00000300. The molecule has 156 valence electrons. The fourth-order valence-electron chi connectivity index (χ4n) is 2.72.